The summed E-state index contributed by atoms with van der Waals surface area (Å²) >= 11 is 0. The average molecular weight is 284 g/mol. The second kappa shape index (κ2) is 6.01. The largest absolute Gasteiger partial charge is 0.307 e. The number of halogens is 1. The van der Waals surface area contributed by atoms with Gasteiger partial charge in [0.2, 0.25) is 0 Å². The van der Waals surface area contributed by atoms with E-state index in [9.17, 15) is 4.39 Å². The van der Waals surface area contributed by atoms with Gasteiger partial charge in [-0.15, -0.1) is 10.2 Å². The van der Waals surface area contributed by atoms with Crippen LogP contribution in [0.25, 0.3) is 5.65 Å². The van der Waals surface area contributed by atoms with Gasteiger partial charge in [0.25, 0.3) is 0 Å². The Morgan fingerprint density at radius 3 is 2.81 bits per heavy atom. The minimum Gasteiger partial charge on any atom is -0.307 e. The molecular weight excluding hydrogens is 267 g/mol. The van der Waals surface area contributed by atoms with E-state index in [0.717, 1.165) is 17.0 Å². The van der Waals surface area contributed by atoms with Crippen molar-refractivity contribution in [3.8, 4) is 0 Å². The van der Waals surface area contributed by atoms with Gasteiger partial charge in [-0.1, -0.05) is 24.3 Å². The molecule has 5 heteroatoms. The van der Waals surface area contributed by atoms with Crippen molar-refractivity contribution in [1.29, 1.82) is 0 Å². The lowest BCUT2D eigenvalue weighted by molar-refractivity contribution is 0.515. The smallest absolute Gasteiger partial charge is 0.160 e. The summed E-state index contributed by atoms with van der Waals surface area (Å²) in [6.45, 7) is 2.64. The standard InChI is InChI=1S/C16H17FN4/c1-12(10-13-6-2-3-7-14(13)17)18-11-16-20-19-15-8-4-5-9-21(15)16/h2-9,12,18H,10-11H2,1H3/t12-/m1/s1. The van der Waals surface area contributed by atoms with Crippen LogP contribution in [-0.4, -0.2) is 20.6 Å². The van der Waals surface area contributed by atoms with E-state index >= 15 is 0 Å². The number of pyridine rings is 1. The lowest BCUT2D eigenvalue weighted by Crippen LogP contribution is -2.28. The molecule has 2 heterocycles. The SMILES string of the molecule is C[C@H](Cc1ccccc1F)NCc1nnc2ccccn12. The summed E-state index contributed by atoms with van der Waals surface area (Å²) in [6.07, 6.45) is 2.58. The first kappa shape index (κ1) is 13.7. The molecule has 1 atom stereocenters. The zero-order valence-corrected chi connectivity index (χ0v) is 11.8. The summed E-state index contributed by atoms with van der Waals surface area (Å²) in [6, 6.07) is 12.8. The molecule has 0 saturated heterocycles. The molecule has 0 aliphatic rings. The molecule has 1 aromatic carbocycles. The minimum atomic E-state index is -0.154. The van der Waals surface area contributed by atoms with E-state index in [4.69, 9.17) is 0 Å². The molecule has 0 aliphatic carbocycles. The number of hydrogen-bond donors (Lipinski definition) is 1. The number of hydrogen-bond acceptors (Lipinski definition) is 3. The maximum atomic E-state index is 13.6. The van der Waals surface area contributed by atoms with Crippen LogP contribution in [0.3, 0.4) is 0 Å². The van der Waals surface area contributed by atoms with Crippen molar-refractivity contribution in [3.05, 3.63) is 65.9 Å². The van der Waals surface area contributed by atoms with Gasteiger partial charge >= 0.3 is 0 Å². The quantitative estimate of drug-likeness (QED) is 0.783. The van der Waals surface area contributed by atoms with E-state index in [2.05, 4.69) is 15.5 Å². The molecule has 0 saturated carbocycles. The van der Waals surface area contributed by atoms with Crippen LogP contribution in [0.5, 0.6) is 0 Å². The first-order valence-corrected chi connectivity index (χ1v) is 6.99. The highest BCUT2D eigenvalue weighted by molar-refractivity contribution is 5.36. The third-order valence-electron chi connectivity index (χ3n) is 3.48. The van der Waals surface area contributed by atoms with Crippen LogP contribution in [0, 0.1) is 5.82 Å². The van der Waals surface area contributed by atoms with E-state index in [1.807, 2.05) is 47.9 Å². The van der Waals surface area contributed by atoms with Crippen LogP contribution in [0.15, 0.2) is 48.7 Å². The fourth-order valence-electron chi connectivity index (χ4n) is 2.34. The van der Waals surface area contributed by atoms with Gasteiger partial charge in [-0.2, -0.15) is 0 Å². The number of nitrogens with one attached hydrogen (secondary N) is 1. The Hall–Kier alpha value is -2.27. The summed E-state index contributed by atoms with van der Waals surface area (Å²) in [5.41, 5.74) is 1.56. The van der Waals surface area contributed by atoms with Crippen molar-refractivity contribution in [2.45, 2.75) is 25.9 Å². The normalized spacial score (nSPS) is 12.7. The maximum Gasteiger partial charge on any atom is 0.160 e. The van der Waals surface area contributed by atoms with E-state index in [-0.39, 0.29) is 11.9 Å². The second-order valence-corrected chi connectivity index (χ2v) is 5.12. The van der Waals surface area contributed by atoms with Gasteiger partial charge < -0.3 is 5.32 Å². The Labute approximate surface area is 122 Å². The van der Waals surface area contributed by atoms with Crippen molar-refractivity contribution in [2.24, 2.45) is 0 Å². The number of rotatable bonds is 5. The number of nitrogens with zero attached hydrogens (tertiary/aromatic N) is 3. The topological polar surface area (TPSA) is 42.2 Å². The van der Waals surface area contributed by atoms with E-state index in [0.29, 0.717) is 13.0 Å². The lowest BCUT2D eigenvalue weighted by Gasteiger charge is -2.13. The molecule has 0 bridgehead atoms. The first-order chi connectivity index (χ1) is 10.2. The van der Waals surface area contributed by atoms with E-state index in [1.165, 1.54) is 6.07 Å². The van der Waals surface area contributed by atoms with Crippen LogP contribution in [0.4, 0.5) is 4.39 Å². The van der Waals surface area contributed by atoms with Gasteiger partial charge in [0.05, 0.1) is 6.54 Å². The summed E-state index contributed by atoms with van der Waals surface area (Å²) in [7, 11) is 0. The number of aromatic nitrogens is 3. The Kier molecular flexibility index (Phi) is 3.92. The Bertz CT molecular complexity index is 738. The first-order valence-electron chi connectivity index (χ1n) is 6.99. The molecule has 0 unspecified atom stereocenters. The van der Waals surface area contributed by atoms with Crippen LogP contribution >= 0.6 is 0 Å². The van der Waals surface area contributed by atoms with Crippen molar-refractivity contribution in [1.82, 2.24) is 19.9 Å². The predicted octanol–water partition coefficient (Wildman–Crippen LogP) is 2.59. The Balaban J connectivity index is 1.63. The number of benzene rings is 1. The molecule has 3 aromatic rings. The summed E-state index contributed by atoms with van der Waals surface area (Å²) in [5.74, 6) is 0.699. The van der Waals surface area contributed by atoms with Crippen LogP contribution in [-0.2, 0) is 13.0 Å². The molecule has 0 radical (unpaired) electrons. The Morgan fingerprint density at radius 2 is 1.95 bits per heavy atom. The maximum absolute atomic E-state index is 13.6. The van der Waals surface area contributed by atoms with Gasteiger partial charge in [0.15, 0.2) is 11.5 Å². The Morgan fingerprint density at radius 1 is 1.14 bits per heavy atom. The van der Waals surface area contributed by atoms with E-state index < -0.39 is 0 Å². The molecule has 1 N–H and O–H groups in total. The molecule has 0 aliphatic heterocycles. The zero-order valence-electron chi connectivity index (χ0n) is 11.8. The van der Waals surface area contributed by atoms with Crippen molar-refractivity contribution < 1.29 is 4.39 Å². The highest BCUT2D eigenvalue weighted by atomic mass is 19.1. The molecule has 21 heavy (non-hydrogen) atoms. The fourth-order valence-corrected chi connectivity index (χ4v) is 2.34. The van der Waals surface area contributed by atoms with Gasteiger partial charge in [-0.05, 0) is 37.1 Å². The third kappa shape index (κ3) is 3.08. The summed E-state index contributed by atoms with van der Waals surface area (Å²) in [5, 5.41) is 11.6. The van der Waals surface area contributed by atoms with Crippen molar-refractivity contribution in [3.63, 3.8) is 0 Å². The van der Waals surface area contributed by atoms with Gasteiger partial charge in [-0.3, -0.25) is 4.40 Å². The summed E-state index contributed by atoms with van der Waals surface area (Å²) < 4.78 is 15.6. The van der Waals surface area contributed by atoms with Crippen LogP contribution in [0.2, 0.25) is 0 Å². The lowest BCUT2D eigenvalue weighted by atomic mass is 10.1. The van der Waals surface area contributed by atoms with Gasteiger partial charge in [-0.25, -0.2) is 4.39 Å². The summed E-state index contributed by atoms with van der Waals surface area (Å²) in [4.78, 5) is 0. The second-order valence-electron chi connectivity index (χ2n) is 5.12. The average Bonchev–Trinajstić information content (AvgIpc) is 2.91. The minimum absolute atomic E-state index is 0.151. The molecule has 3 rings (SSSR count). The molecular formula is C16H17FN4. The molecule has 0 fully saturated rings. The molecule has 0 spiro atoms. The van der Waals surface area contributed by atoms with E-state index in [1.54, 1.807) is 6.07 Å². The van der Waals surface area contributed by atoms with Crippen LogP contribution < -0.4 is 5.32 Å². The number of fused-ring (bicyclic) bond motifs is 1. The molecule has 0 amide bonds. The van der Waals surface area contributed by atoms with Crippen molar-refractivity contribution in [2.75, 3.05) is 0 Å². The predicted molar refractivity (Wildman–Crippen MR) is 79.4 cm³/mol. The highest BCUT2D eigenvalue weighted by Gasteiger charge is 2.09. The molecule has 108 valence electrons. The van der Waals surface area contributed by atoms with Gasteiger partial charge in [0, 0.05) is 12.2 Å². The van der Waals surface area contributed by atoms with Gasteiger partial charge in [0.1, 0.15) is 5.82 Å². The van der Waals surface area contributed by atoms with Crippen molar-refractivity contribution >= 4 is 5.65 Å². The highest BCUT2D eigenvalue weighted by Crippen LogP contribution is 2.09. The fraction of sp³-hybridized carbons (Fsp3) is 0.250. The monoisotopic (exact) mass is 284 g/mol. The zero-order chi connectivity index (χ0) is 14.7. The van der Waals surface area contributed by atoms with Crippen LogP contribution in [0.1, 0.15) is 18.3 Å². The molecule has 4 nitrogen and oxygen atoms in total. The third-order valence-corrected chi connectivity index (χ3v) is 3.48. The molecule has 2 aromatic heterocycles.